The predicted octanol–water partition coefficient (Wildman–Crippen LogP) is 3.06. The molecule has 37 heavy (non-hydrogen) atoms. The molecule has 0 saturated heterocycles. The zero-order valence-electron chi connectivity index (χ0n) is 21.0. The van der Waals surface area contributed by atoms with E-state index in [0.717, 1.165) is 9.87 Å². The second-order valence-corrected chi connectivity index (χ2v) is 9.59. The molecule has 0 aliphatic carbocycles. The number of hydrogen-bond acceptors (Lipinski definition) is 8. The average Bonchev–Trinajstić information content (AvgIpc) is 2.92. The van der Waals surface area contributed by atoms with E-state index in [2.05, 4.69) is 10.5 Å². The van der Waals surface area contributed by atoms with Crippen molar-refractivity contribution in [3.8, 4) is 23.0 Å². The van der Waals surface area contributed by atoms with E-state index in [9.17, 15) is 13.2 Å². The summed E-state index contributed by atoms with van der Waals surface area (Å²) in [7, 11) is 1.94. The van der Waals surface area contributed by atoms with Crippen LogP contribution in [-0.4, -0.2) is 59.8 Å². The summed E-state index contributed by atoms with van der Waals surface area (Å²) in [4.78, 5) is 12.8. The quantitative estimate of drug-likeness (QED) is 0.284. The number of hydrogen-bond donors (Lipinski definition) is 1. The van der Waals surface area contributed by atoms with Crippen LogP contribution in [0, 0.1) is 0 Å². The molecular formula is C26H29N3O7S. The summed E-state index contributed by atoms with van der Waals surface area (Å²) in [5.74, 6) is 1.11. The standard InChI is InChI=1S/C26H29N3O7S/c1-33-21-11-13-22(14-12-21)37(31,32)29(17-19-8-6-5-7-9-19)18-24(30)28-27-16-20-10-15-23(34-2)26(36-4)25(20)35-3/h5-16H,17-18H2,1-4H3,(H,28,30)/b27-16-. The van der Waals surface area contributed by atoms with Crippen LogP contribution in [0.5, 0.6) is 23.0 Å². The first kappa shape index (κ1) is 27.5. The zero-order valence-corrected chi connectivity index (χ0v) is 21.8. The summed E-state index contributed by atoms with van der Waals surface area (Å²) in [5.41, 5.74) is 3.63. The molecule has 1 N–H and O–H groups in total. The molecule has 0 heterocycles. The van der Waals surface area contributed by atoms with Crippen molar-refractivity contribution in [1.29, 1.82) is 0 Å². The molecule has 0 atom stereocenters. The van der Waals surface area contributed by atoms with Crippen LogP contribution in [0.1, 0.15) is 11.1 Å². The van der Waals surface area contributed by atoms with Crippen LogP contribution in [-0.2, 0) is 21.4 Å². The van der Waals surface area contributed by atoms with E-state index >= 15 is 0 Å². The van der Waals surface area contributed by atoms with Crippen LogP contribution in [0.2, 0.25) is 0 Å². The van der Waals surface area contributed by atoms with E-state index in [1.54, 1.807) is 48.5 Å². The molecule has 11 heteroatoms. The Kier molecular flexibility index (Phi) is 9.47. The maximum atomic E-state index is 13.4. The Morgan fingerprint density at radius 1 is 0.865 bits per heavy atom. The lowest BCUT2D eigenvalue weighted by molar-refractivity contribution is -0.121. The summed E-state index contributed by atoms with van der Waals surface area (Å²) in [6.07, 6.45) is 1.37. The van der Waals surface area contributed by atoms with Crippen molar-refractivity contribution in [2.75, 3.05) is 35.0 Å². The van der Waals surface area contributed by atoms with E-state index in [0.29, 0.717) is 28.6 Å². The lowest BCUT2D eigenvalue weighted by Gasteiger charge is -2.21. The zero-order chi connectivity index (χ0) is 26.8. The molecule has 0 saturated carbocycles. The minimum absolute atomic E-state index is 0.00413. The SMILES string of the molecule is COc1ccc(S(=O)(=O)N(CC(=O)N/N=C\c2ccc(OC)c(OC)c2OC)Cc2ccccc2)cc1. The first-order chi connectivity index (χ1) is 17.8. The number of carbonyl (C=O) groups excluding carboxylic acids is 1. The van der Waals surface area contributed by atoms with E-state index in [1.807, 2.05) is 6.07 Å². The molecule has 0 aliphatic rings. The highest BCUT2D eigenvalue weighted by molar-refractivity contribution is 7.89. The fourth-order valence-electron chi connectivity index (χ4n) is 3.51. The van der Waals surface area contributed by atoms with E-state index < -0.39 is 22.5 Å². The largest absolute Gasteiger partial charge is 0.497 e. The fraction of sp³-hybridized carbons (Fsp3) is 0.231. The molecule has 3 rings (SSSR count). The van der Waals surface area contributed by atoms with E-state index in [4.69, 9.17) is 18.9 Å². The normalized spacial score (nSPS) is 11.4. The second-order valence-electron chi connectivity index (χ2n) is 7.65. The topological polar surface area (TPSA) is 116 Å². The number of nitrogens with zero attached hydrogens (tertiary/aromatic N) is 2. The van der Waals surface area contributed by atoms with Crippen molar-refractivity contribution in [2.45, 2.75) is 11.4 Å². The number of hydrazone groups is 1. The Hall–Kier alpha value is -4.09. The average molecular weight is 528 g/mol. The van der Waals surface area contributed by atoms with Gasteiger partial charge in [0.2, 0.25) is 15.8 Å². The molecular weight excluding hydrogens is 498 g/mol. The van der Waals surface area contributed by atoms with Crippen LogP contribution in [0.3, 0.4) is 0 Å². The lowest BCUT2D eigenvalue weighted by atomic mass is 10.2. The van der Waals surface area contributed by atoms with Crippen molar-refractivity contribution in [2.24, 2.45) is 5.10 Å². The highest BCUT2D eigenvalue weighted by Crippen LogP contribution is 2.39. The Morgan fingerprint density at radius 2 is 1.54 bits per heavy atom. The van der Waals surface area contributed by atoms with Crippen molar-refractivity contribution in [1.82, 2.24) is 9.73 Å². The highest BCUT2D eigenvalue weighted by atomic mass is 32.2. The molecule has 0 radical (unpaired) electrons. The minimum atomic E-state index is -4.01. The Morgan fingerprint density at radius 3 is 2.14 bits per heavy atom. The number of rotatable bonds is 12. The van der Waals surface area contributed by atoms with Crippen molar-refractivity contribution >= 4 is 22.1 Å². The number of sulfonamides is 1. The third-order valence-electron chi connectivity index (χ3n) is 5.35. The van der Waals surface area contributed by atoms with Crippen LogP contribution in [0.25, 0.3) is 0 Å². The monoisotopic (exact) mass is 527 g/mol. The molecule has 0 unspecified atom stereocenters. The van der Waals surface area contributed by atoms with Crippen LogP contribution >= 0.6 is 0 Å². The van der Waals surface area contributed by atoms with Gasteiger partial charge in [0, 0.05) is 12.1 Å². The summed E-state index contributed by atoms with van der Waals surface area (Å²) >= 11 is 0. The predicted molar refractivity (Wildman–Crippen MR) is 139 cm³/mol. The molecule has 1 amide bonds. The number of carbonyl (C=O) groups is 1. The molecule has 3 aromatic rings. The van der Waals surface area contributed by atoms with Gasteiger partial charge in [-0.3, -0.25) is 4.79 Å². The van der Waals surface area contributed by atoms with Gasteiger partial charge < -0.3 is 18.9 Å². The third kappa shape index (κ3) is 6.78. The maximum Gasteiger partial charge on any atom is 0.255 e. The first-order valence-electron chi connectivity index (χ1n) is 11.1. The molecule has 10 nitrogen and oxygen atoms in total. The number of benzene rings is 3. The summed E-state index contributed by atoms with van der Waals surface area (Å²) in [5, 5.41) is 3.98. The Labute approximate surface area is 216 Å². The number of methoxy groups -OCH3 is 4. The Bertz CT molecular complexity index is 1330. The van der Waals surface area contributed by atoms with Gasteiger partial charge in [0.05, 0.1) is 46.1 Å². The van der Waals surface area contributed by atoms with Gasteiger partial charge in [-0.25, -0.2) is 13.8 Å². The van der Waals surface area contributed by atoms with Gasteiger partial charge in [-0.05, 0) is 42.0 Å². The van der Waals surface area contributed by atoms with E-state index in [1.165, 1.54) is 46.8 Å². The van der Waals surface area contributed by atoms with Gasteiger partial charge in [-0.15, -0.1) is 0 Å². The number of ether oxygens (including phenoxy) is 4. The van der Waals surface area contributed by atoms with Crippen molar-refractivity contribution in [3.63, 3.8) is 0 Å². The molecule has 196 valence electrons. The Balaban J connectivity index is 1.81. The lowest BCUT2D eigenvalue weighted by Crippen LogP contribution is -2.39. The third-order valence-corrected chi connectivity index (χ3v) is 7.15. The van der Waals surface area contributed by atoms with Gasteiger partial charge in [0.25, 0.3) is 5.91 Å². The summed E-state index contributed by atoms with van der Waals surface area (Å²) in [6.45, 7) is -0.459. The van der Waals surface area contributed by atoms with Crippen molar-refractivity contribution in [3.05, 3.63) is 77.9 Å². The highest BCUT2D eigenvalue weighted by Gasteiger charge is 2.27. The van der Waals surface area contributed by atoms with Gasteiger partial charge >= 0.3 is 0 Å². The van der Waals surface area contributed by atoms with Gasteiger partial charge in [0.1, 0.15) is 5.75 Å². The molecule has 0 bridgehead atoms. The van der Waals surface area contributed by atoms with Crippen molar-refractivity contribution < 1.29 is 32.2 Å². The maximum absolute atomic E-state index is 13.4. The first-order valence-corrected chi connectivity index (χ1v) is 12.6. The second kappa shape index (κ2) is 12.7. The molecule has 0 fully saturated rings. The van der Waals surface area contributed by atoms with Gasteiger partial charge in [0.15, 0.2) is 11.5 Å². The van der Waals surface area contributed by atoms with Crippen LogP contribution in [0.15, 0.2) is 76.7 Å². The number of amides is 1. The molecule has 0 aliphatic heterocycles. The fourth-order valence-corrected chi connectivity index (χ4v) is 4.89. The summed E-state index contributed by atoms with van der Waals surface area (Å²) in [6, 6.07) is 18.3. The van der Waals surface area contributed by atoms with Gasteiger partial charge in [-0.2, -0.15) is 9.41 Å². The molecule has 3 aromatic carbocycles. The molecule has 0 spiro atoms. The molecule has 0 aromatic heterocycles. The van der Waals surface area contributed by atoms with Crippen LogP contribution < -0.4 is 24.4 Å². The number of nitrogens with one attached hydrogen (secondary N) is 1. The summed E-state index contributed by atoms with van der Waals surface area (Å²) < 4.78 is 49.0. The van der Waals surface area contributed by atoms with Gasteiger partial charge in [-0.1, -0.05) is 30.3 Å². The minimum Gasteiger partial charge on any atom is -0.497 e. The van der Waals surface area contributed by atoms with Crippen LogP contribution in [0.4, 0.5) is 0 Å². The van der Waals surface area contributed by atoms with E-state index in [-0.39, 0.29) is 11.4 Å². The smallest absolute Gasteiger partial charge is 0.255 e.